The minimum absolute atomic E-state index is 0.0218. The number of ether oxygens (including phenoxy) is 1. The van der Waals surface area contributed by atoms with Gasteiger partial charge in [0.1, 0.15) is 17.4 Å². The number of nitro groups is 1. The van der Waals surface area contributed by atoms with Gasteiger partial charge in [-0.3, -0.25) is 10.1 Å². The van der Waals surface area contributed by atoms with Crippen molar-refractivity contribution < 1.29 is 9.66 Å². The lowest BCUT2D eigenvalue weighted by molar-refractivity contribution is -0.384. The Balaban J connectivity index is 2.41. The Morgan fingerprint density at radius 2 is 2.21 bits per heavy atom. The minimum atomic E-state index is -0.520. The maximum Gasteiger partial charge on any atom is 0.273 e. The second-order valence-electron chi connectivity index (χ2n) is 3.67. The van der Waals surface area contributed by atoms with E-state index in [1.54, 1.807) is 13.0 Å². The zero-order chi connectivity index (χ0) is 13.8. The molecule has 0 amide bonds. The molecule has 0 spiro atoms. The Kier molecular flexibility index (Phi) is 3.34. The van der Waals surface area contributed by atoms with Gasteiger partial charge in [0.05, 0.1) is 17.2 Å². The molecule has 1 heterocycles. The molecule has 2 aromatic rings. The smallest absolute Gasteiger partial charge is 0.273 e. The van der Waals surface area contributed by atoms with Gasteiger partial charge in [0.25, 0.3) is 11.6 Å². The van der Waals surface area contributed by atoms with Crippen molar-refractivity contribution in [3.63, 3.8) is 0 Å². The highest BCUT2D eigenvalue weighted by Gasteiger charge is 2.13. The van der Waals surface area contributed by atoms with E-state index in [2.05, 4.69) is 10.2 Å². The monoisotopic (exact) mass is 256 g/mol. The van der Waals surface area contributed by atoms with E-state index in [4.69, 9.17) is 10.00 Å². The Morgan fingerprint density at radius 3 is 2.89 bits per heavy atom. The number of nitro benzene ring substituents is 1. The van der Waals surface area contributed by atoms with Crippen LogP contribution in [0, 0.1) is 28.4 Å². The third-order valence-electron chi connectivity index (χ3n) is 2.40. The van der Waals surface area contributed by atoms with Crippen LogP contribution in [0.3, 0.4) is 0 Å². The van der Waals surface area contributed by atoms with Crippen molar-refractivity contribution >= 4 is 5.69 Å². The minimum Gasteiger partial charge on any atom is -0.436 e. The SMILES string of the molecule is Cc1ccc([N+](=O)[O-])cc1Oc1nnccc1C#N. The summed E-state index contributed by atoms with van der Waals surface area (Å²) in [5, 5.41) is 26.9. The Labute approximate surface area is 108 Å². The maximum atomic E-state index is 10.7. The Hall–Kier alpha value is -3.01. The van der Waals surface area contributed by atoms with E-state index in [9.17, 15) is 10.1 Å². The van der Waals surface area contributed by atoms with Gasteiger partial charge < -0.3 is 4.74 Å². The van der Waals surface area contributed by atoms with Crippen LogP contribution in [0.2, 0.25) is 0 Å². The molecule has 7 heteroatoms. The molecular weight excluding hydrogens is 248 g/mol. The average molecular weight is 256 g/mol. The molecule has 1 aromatic heterocycles. The van der Waals surface area contributed by atoms with Crippen LogP contribution >= 0.6 is 0 Å². The number of benzene rings is 1. The molecule has 0 aliphatic carbocycles. The quantitative estimate of drug-likeness (QED) is 0.617. The molecule has 0 N–H and O–H groups in total. The molecule has 2 rings (SSSR count). The van der Waals surface area contributed by atoms with E-state index in [0.717, 1.165) is 0 Å². The third kappa shape index (κ3) is 2.63. The largest absolute Gasteiger partial charge is 0.436 e. The molecule has 19 heavy (non-hydrogen) atoms. The maximum absolute atomic E-state index is 10.7. The molecular formula is C12H8N4O3. The topological polar surface area (TPSA) is 102 Å². The first-order valence-corrected chi connectivity index (χ1v) is 5.26. The predicted molar refractivity (Wildman–Crippen MR) is 64.7 cm³/mol. The van der Waals surface area contributed by atoms with Gasteiger partial charge in [0, 0.05) is 6.07 Å². The van der Waals surface area contributed by atoms with Gasteiger partial charge in [-0.1, -0.05) is 0 Å². The van der Waals surface area contributed by atoms with Crippen LogP contribution in [0.1, 0.15) is 11.1 Å². The van der Waals surface area contributed by atoms with E-state index in [0.29, 0.717) is 5.56 Å². The summed E-state index contributed by atoms with van der Waals surface area (Å²) in [6.07, 6.45) is 1.37. The van der Waals surface area contributed by atoms with Gasteiger partial charge in [0.2, 0.25) is 0 Å². The summed E-state index contributed by atoms with van der Waals surface area (Å²) in [5.74, 6) is 0.291. The van der Waals surface area contributed by atoms with Gasteiger partial charge in [-0.2, -0.15) is 10.4 Å². The lowest BCUT2D eigenvalue weighted by atomic mass is 10.2. The van der Waals surface area contributed by atoms with Crippen molar-refractivity contribution in [2.45, 2.75) is 6.92 Å². The second-order valence-corrected chi connectivity index (χ2v) is 3.67. The van der Waals surface area contributed by atoms with E-state index in [-0.39, 0.29) is 22.9 Å². The number of hydrogen-bond acceptors (Lipinski definition) is 6. The summed E-state index contributed by atoms with van der Waals surface area (Å²) in [5.41, 5.74) is 0.809. The van der Waals surface area contributed by atoms with Gasteiger partial charge in [-0.25, -0.2) is 0 Å². The Morgan fingerprint density at radius 1 is 1.42 bits per heavy atom. The molecule has 94 valence electrons. The average Bonchev–Trinajstić information content (AvgIpc) is 2.41. The van der Waals surface area contributed by atoms with Crippen LogP contribution in [0.4, 0.5) is 5.69 Å². The van der Waals surface area contributed by atoms with Gasteiger partial charge in [-0.05, 0) is 24.6 Å². The predicted octanol–water partition coefficient (Wildman–Crippen LogP) is 2.36. The summed E-state index contributed by atoms with van der Waals surface area (Å²) >= 11 is 0. The second kappa shape index (κ2) is 5.10. The van der Waals surface area contributed by atoms with E-state index < -0.39 is 4.92 Å². The molecule has 0 saturated heterocycles. The summed E-state index contributed by atoms with van der Waals surface area (Å²) in [6.45, 7) is 1.74. The van der Waals surface area contributed by atoms with Crippen LogP contribution < -0.4 is 4.74 Å². The molecule has 0 unspecified atom stereocenters. The van der Waals surface area contributed by atoms with Crippen molar-refractivity contribution in [3.05, 3.63) is 51.7 Å². The van der Waals surface area contributed by atoms with Gasteiger partial charge in [-0.15, -0.1) is 5.10 Å². The zero-order valence-corrected chi connectivity index (χ0v) is 9.90. The number of aryl methyl sites for hydroxylation is 1. The summed E-state index contributed by atoms with van der Waals surface area (Å²) in [7, 11) is 0. The van der Waals surface area contributed by atoms with Crippen LogP contribution in [-0.2, 0) is 0 Å². The molecule has 1 aromatic carbocycles. The normalized spacial score (nSPS) is 9.68. The highest BCUT2D eigenvalue weighted by molar-refractivity contribution is 5.47. The van der Waals surface area contributed by atoms with Crippen molar-refractivity contribution in [1.82, 2.24) is 10.2 Å². The number of nitrogens with zero attached hydrogens (tertiary/aromatic N) is 4. The highest BCUT2D eigenvalue weighted by atomic mass is 16.6. The number of hydrogen-bond donors (Lipinski definition) is 0. The number of rotatable bonds is 3. The van der Waals surface area contributed by atoms with Crippen LogP contribution in [0.15, 0.2) is 30.5 Å². The summed E-state index contributed by atoms with van der Waals surface area (Å²) in [6, 6.07) is 7.59. The van der Waals surface area contributed by atoms with Crippen LogP contribution in [0.25, 0.3) is 0 Å². The van der Waals surface area contributed by atoms with Gasteiger partial charge >= 0.3 is 0 Å². The zero-order valence-electron chi connectivity index (χ0n) is 9.90. The number of non-ortho nitro benzene ring substituents is 1. The molecule has 0 atom stereocenters. The van der Waals surface area contributed by atoms with Crippen LogP contribution in [-0.4, -0.2) is 15.1 Å². The first-order valence-electron chi connectivity index (χ1n) is 5.26. The fraction of sp³-hybridized carbons (Fsp3) is 0.0833. The van der Waals surface area contributed by atoms with Gasteiger partial charge in [0.15, 0.2) is 0 Å². The number of aromatic nitrogens is 2. The molecule has 0 bridgehead atoms. The van der Waals surface area contributed by atoms with E-state index in [1.807, 2.05) is 6.07 Å². The Bertz CT molecular complexity index is 679. The standard InChI is InChI=1S/C12H8N4O3/c1-8-2-3-10(16(17)18)6-11(8)19-12-9(7-13)4-5-14-15-12/h2-6H,1H3. The molecule has 7 nitrogen and oxygen atoms in total. The summed E-state index contributed by atoms with van der Waals surface area (Å²) in [4.78, 5) is 10.2. The highest BCUT2D eigenvalue weighted by Crippen LogP contribution is 2.28. The molecule has 0 aliphatic rings. The fourth-order valence-corrected chi connectivity index (χ4v) is 1.40. The lowest BCUT2D eigenvalue weighted by Crippen LogP contribution is -1.96. The molecule has 0 radical (unpaired) electrons. The summed E-state index contributed by atoms with van der Waals surface area (Å²) < 4.78 is 5.42. The molecule has 0 fully saturated rings. The molecule has 0 saturated carbocycles. The van der Waals surface area contributed by atoms with Crippen molar-refractivity contribution in [3.8, 4) is 17.7 Å². The number of nitriles is 1. The first kappa shape index (κ1) is 12.4. The van der Waals surface area contributed by atoms with Crippen molar-refractivity contribution in [2.24, 2.45) is 0 Å². The first-order chi connectivity index (χ1) is 9.11. The third-order valence-corrected chi connectivity index (χ3v) is 2.40. The molecule has 0 aliphatic heterocycles. The lowest BCUT2D eigenvalue weighted by Gasteiger charge is -2.07. The van der Waals surface area contributed by atoms with Crippen molar-refractivity contribution in [1.29, 1.82) is 5.26 Å². The van der Waals surface area contributed by atoms with Crippen LogP contribution in [0.5, 0.6) is 11.6 Å². The van der Waals surface area contributed by atoms with E-state index >= 15 is 0 Å². The fourth-order valence-electron chi connectivity index (χ4n) is 1.40. The van der Waals surface area contributed by atoms with E-state index in [1.165, 1.54) is 24.4 Å². The van der Waals surface area contributed by atoms with Crippen molar-refractivity contribution in [2.75, 3.05) is 0 Å².